The lowest BCUT2D eigenvalue weighted by atomic mass is 9.83. The molecule has 1 aliphatic rings. The number of rotatable bonds is 9. The van der Waals surface area contributed by atoms with Crippen LogP contribution in [0.3, 0.4) is 0 Å². The van der Waals surface area contributed by atoms with Crippen molar-refractivity contribution in [3.8, 4) is 0 Å². The summed E-state index contributed by atoms with van der Waals surface area (Å²) >= 11 is 0. The number of ether oxygens (including phenoxy) is 2. The Kier molecular flexibility index (Phi) is 8.14. The summed E-state index contributed by atoms with van der Waals surface area (Å²) in [5.74, 6) is -0.547. The van der Waals surface area contributed by atoms with Crippen LogP contribution in [0.2, 0.25) is 0 Å². The molecule has 0 bridgehead atoms. The fourth-order valence-electron chi connectivity index (χ4n) is 4.06. The molecule has 3 amide bonds. The summed E-state index contributed by atoms with van der Waals surface area (Å²) in [4.78, 5) is 44.9. The van der Waals surface area contributed by atoms with Crippen LogP contribution in [-0.4, -0.2) is 34.7 Å². The molecule has 0 spiro atoms. The summed E-state index contributed by atoms with van der Waals surface area (Å²) in [7, 11) is 3.12. The van der Waals surface area contributed by atoms with Crippen LogP contribution in [0.1, 0.15) is 16.7 Å². The highest BCUT2D eigenvalue weighted by atomic mass is 33.1. The number of imide groups is 1. The van der Waals surface area contributed by atoms with Gasteiger partial charge in [0.05, 0.1) is 0 Å². The highest BCUT2D eigenvalue weighted by molar-refractivity contribution is 8.76. The second-order valence-electron chi connectivity index (χ2n) is 8.44. The average Bonchev–Trinajstić information content (AvgIpc) is 3.25. The lowest BCUT2D eigenvalue weighted by Crippen LogP contribution is -2.45. The lowest BCUT2D eigenvalue weighted by molar-refractivity contribution is -0.133. The SMILES string of the molecule is O=C(OCc1ccc(SSc2ccccn2)cc1)OCN1C(=O)NC(c2ccccc2)(c2ccccc2)C1=O. The molecule has 3 aromatic carbocycles. The largest absolute Gasteiger partial charge is 0.510 e. The third-order valence-electron chi connectivity index (χ3n) is 5.97. The van der Waals surface area contributed by atoms with E-state index in [1.807, 2.05) is 54.6 Å². The Morgan fingerprint density at radius 3 is 2.05 bits per heavy atom. The number of benzene rings is 3. The minimum Gasteiger partial charge on any atom is -0.429 e. The summed E-state index contributed by atoms with van der Waals surface area (Å²) in [5.41, 5.74) is 0.530. The van der Waals surface area contributed by atoms with Gasteiger partial charge in [0.2, 0.25) is 0 Å². The lowest BCUT2D eigenvalue weighted by Gasteiger charge is -2.27. The Bertz CT molecular complexity index is 1400. The molecule has 4 aromatic rings. The van der Waals surface area contributed by atoms with Gasteiger partial charge in [-0.15, -0.1) is 0 Å². The summed E-state index contributed by atoms with van der Waals surface area (Å²) in [6.45, 7) is -0.597. The van der Waals surface area contributed by atoms with E-state index in [2.05, 4.69) is 10.3 Å². The number of carbonyl (C=O) groups excluding carboxylic acids is 3. The zero-order valence-electron chi connectivity index (χ0n) is 20.6. The number of hydrogen-bond donors (Lipinski definition) is 1. The normalized spacial score (nSPS) is 14.1. The predicted molar refractivity (Wildman–Crippen MR) is 148 cm³/mol. The van der Waals surface area contributed by atoms with Crippen LogP contribution in [0.25, 0.3) is 0 Å². The quantitative estimate of drug-likeness (QED) is 0.152. The first-order chi connectivity index (χ1) is 19.1. The molecule has 0 atom stereocenters. The zero-order valence-corrected chi connectivity index (χ0v) is 22.2. The van der Waals surface area contributed by atoms with E-state index in [1.165, 1.54) is 0 Å². The molecule has 2 heterocycles. The highest BCUT2D eigenvalue weighted by Gasteiger charge is 2.54. The third kappa shape index (κ3) is 5.92. The van der Waals surface area contributed by atoms with Gasteiger partial charge in [-0.05, 0) is 51.7 Å². The van der Waals surface area contributed by atoms with E-state index >= 15 is 0 Å². The van der Waals surface area contributed by atoms with Crippen molar-refractivity contribution in [1.82, 2.24) is 15.2 Å². The maximum absolute atomic E-state index is 13.6. The van der Waals surface area contributed by atoms with Crippen molar-refractivity contribution < 1.29 is 23.9 Å². The van der Waals surface area contributed by atoms with E-state index in [-0.39, 0.29) is 6.61 Å². The number of aromatic nitrogens is 1. The molecule has 1 aromatic heterocycles. The first-order valence-corrected chi connectivity index (χ1v) is 14.1. The molecule has 0 saturated carbocycles. The fourth-order valence-corrected chi connectivity index (χ4v) is 5.90. The van der Waals surface area contributed by atoms with E-state index in [0.717, 1.165) is 20.4 Å². The minimum atomic E-state index is -1.43. The van der Waals surface area contributed by atoms with Crippen molar-refractivity contribution in [3.63, 3.8) is 0 Å². The van der Waals surface area contributed by atoms with Gasteiger partial charge in [0.1, 0.15) is 11.6 Å². The highest BCUT2D eigenvalue weighted by Crippen LogP contribution is 2.37. The molecule has 0 radical (unpaired) electrons. The number of nitrogens with zero attached hydrogens (tertiary/aromatic N) is 2. The van der Waals surface area contributed by atoms with Gasteiger partial charge in [0, 0.05) is 11.1 Å². The van der Waals surface area contributed by atoms with E-state index in [0.29, 0.717) is 11.1 Å². The van der Waals surface area contributed by atoms with Gasteiger partial charge >= 0.3 is 12.2 Å². The summed E-state index contributed by atoms with van der Waals surface area (Å²) in [6.07, 6.45) is 0.758. The molecule has 10 heteroatoms. The summed E-state index contributed by atoms with van der Waals surface area (Å²) in [6, 6.07) is 30.5. The molecular weight excluding hydrogens is 534 g/mol. The molecule has 0 aliphatic carbocycles. The van der Waals surface area contributed by atoms with Crippen molar-refractivity contribution >= 4 is 39.7 Å². The fraction of sp³-hybridized carbons (Fsp3) is 0.103. The van der Waals surface area contributed by atoms with Crippen LogP contribution < -0.4 is 5.32 Å². The van der Waals surface area contributed by atoms with Crippen LogP contribution in [-0.2, 0) is 26.4 Å². The number of carbonyl (C=O) groups is 3. The van der Waals surface area contributed by atoms with Gasteiger partial charge in [-0.2, -0.15) is 0 Å². The van der Waals surface area contributed by atoms with Gasteiger partial charge in [-0.1, -0.05) is 89.7 Å². The Morgan fingerprint density at radius 2 is 1.44 bits per heavy atom. The van der Waals surface area contributed by atoms with E-state index in [4.69, 9.17) is 9.47 Å². The standard InChI is InChI=1S/C29H23N3O5S2/c33-26-29(22-9-3-1-4-10-22,23-11-5-2-6-12-23)31-27(34)32(26)20-37-28(35)36-19-21-14-16-24(17-15-21)38-39-25-13-7-8-18-30-25/h1-18H,19-20H2,(H,31,34). The second-order valence-corrected chi connectivity index (χ2v) is 10.7. The minimum absolute atomic E-state index is 0.0186. The maximum Gasteiger partial charge on any atom is 0.510 e. The first-order valence-electron chi connectivity index (χ1n) is 12.0. The second kappa shape index (κ2) is 12.1. The number of nitrogens with one attached hydrogen (secondary N) is 1. The van der Waals surface area contributed by atoms with E-state index in [1.54, 1.807) is 76.3 Å². The monoisotopic (exact) mass is 557 g/mol. The van der Waals surface area contributed by atoms with Crippen LogP contribution in [0.4, 0.5) is 9.59 Å². The molecular formula is C29H23N3O5S2. The number of amides is 3. The van der Waals surface area contributed by atoms with Crippen LogP contribution >= 0.6 is 21.6 Å². The molecule has 0 unspecified atom stereocenters. The van der Waals surface area contributed by atoms with Gasteiger partial charge in [-0.25, -0.2) is 19.5 Å². The van der Waals surface area contributed by atoms with Crippen LogP contribution in [0, 0.1) is 0 Å². The van der Waals surface area contributed by atoms with E-state index in [9.17, 15) is 14.4 Å². The topological polar surface area (TPSA) is 97.8 Å². The average molecular weight is 558 g/mol. The number of pyridine rings is 1. The van der Waals surface area contributed by atoms with E-state index < -0.39 is 30.4 Å². The Morgan fingerprint density at radius 1 is 0.795 bits per heavy atom. The maximum atomic E-state index is 13.6. The van der Waals surface area contributed by atoms with Gasteiger partial charge in [-0.3, -0.25) is 4.79 Å². The van der Waals surface area contributed by atoms with Crippen LogP contribution in [0.5, 0.6) is 0 Å². The molecule has 1 N–H and O–H groups in total. The number of hydrogen-bond acceptors (Lipinski definition) is 8. The van der Waals surface area contributed by atoms with Crippen molar-refractivity contribution in [1.29, 1.82) is 0 Å². The smallest absolute Gasteiger partial charge is 0.429 e. The molecule has 196 valence electrons. The van der Waals surface area contributed by atoms with Gasteiger partial charge in [0.15, 0.2) is 12.3 Å². The third-order valence-corrected chi connectivity index (χ3v) is 8.27. The summed E-state index contributed by atoms with van der Waals surface area (Å²) < 4.78 is 10.3. The van der Waals surface area contributed by atoms with Gasteiger partial charge < -0.3 is 14.8 Å². The van der Waals surface area contributed by atoms with Crippen molar-refractivity contribution in [2.45, 2.75) is 22.1 Å². The predicted octanol–water partition coefficient (Wildman–Crippen LogP) is 5.99. The van der Waals surface area contributed by atoms with Crippen LogP contribution in [0.15, 0.2) is 119 Å². The molecule has 1 aliphatic heterocycles. The molecule has 39 heavy (non-hydrogen) atoms. The zero-order chi connectivity index (χ0) is 27.1. The van der Waals surface area contributed by atoms with Gasteiger partial charge in [0.25, 0.3) is 5.91 Å². The molecule has 1 saturated heterocycles. The Balaban J connectivity index is 1.17. The molecule has 5 rings (SSSR count). The summed E-state index contributed by atoms with van der Waals surface area (Å²) in [5, 5.41) is 3.71. The molecule has 8 nitrogen and oxygen atoms in total. The van der Waals surface area contributed by atoms with Crippen molar-refractivity contribution in [2.24, 2.45) is 0 Å². The Hall–Kier alpha value is -4.28. The Labute approximate surface area is 233 Å². The van der Waals surface area contributed by atoms with Crippen molar-refractivity contribution in [3.05, 3.63) is 126 Å². The molecule has 1 fully saturated rings. The first kappa shape index (κ1) is 26.3. The number of urea groups is 1. The van der Waals surface area contributed by atoms with Crippen molar-refractivity contribution in [2.75, 3.05) is 6.73 Å².